The summed E-state index contributed by atoms with van der Waals surface area (Å²) in [7, 11) is 0. The topological polar surface area (TPSA) is 27.1 Å². The van der Waals surface area contributed by atoms with Crippen LogP contribution in [0.4, 0.5) is 0 Å². The zero-order valence-corrected chi connectivity index (χ0v) is 9.74. The Morgan fingerprint density at radius 1 is 1.43 bits per heavy atom. The maximum absolute atomic E-state index is 5.48. The van der Waals surface area contributed by atoms with Crippen molar-refractivity contribution in [2.24, 2.45) is 0 Å². The van der Waals surface area contributed by atoms with Crippen molar-refractivity contribution in [1.29, 1.82) is 0 Å². The lowest BCUT2D eigenvalue weighted by Crippen LogP contribution is -2.22. The lowest BCUT2D eigenvalue weighted by Gasteiger charge is -2.18. The Morgan fingerprint density at radius 3 is 2.50 bits per heavy atom. The van der Waals surface area contributed by atoms with E-state index in [2.05, 4.69) is 25.9 Å². The average Bonchev–Trinajstić information content (AvgIpc) is 2.47. The van der Waals surface area contributed by atoms with Crippen molar-refractivity contribution >= 4 is 0 Å². The number of ether oxygens (including phenoxy) is 1. The van der Waals surface area contributed by atoms with E-state index < -0.39 is 0 Å². The molecule has 0 fully saturated rings. The Balaban J connectivity index is 2.60. The van der Waals surface area contributed by atoms with Gasteiger partial charge in [-0.3, -0.25) is 4.68 Å². The maximum atomic E-state index is 5.48. The summed E-state index contributed by atoms with van der Waals surface area (Å²) < 4.78 is 7.44. The summed E-state index contributed by atoms with van der Waals surface area (Å²) in [5.41, 5.74) is 1.05. The molecule has 0 unspecified atom stereocenters. The highest BCUT2D eigenvalue weighted by Gasteiger charge is 2.13. The summed E-state index contributed by atoms with van der Waals surface area (Å²) in [5.74, 6) is 0. The standard InChI is InChI=1S/C11H20N2O/c1-9(2)14-8-10-6-7-13(12-10)11(3,4)5/h6-7,9H,8H2,1-5H3. The second-order valence-electron chi connectivity index (χ2n) is 4.78. The number of aromatic nitrogens is 2. The van der Waals surface area contributed by atoms with E-state index in [-0.39, 0.29) is 11.6 Å². The molecule has 0 bridgehead atoms. The number of hydrogen-bond acceptors (Lipinski definition) is 2. The zero-order chi connectivity index (χ0) is 10.8. The van der Waals surface area contributed by atoms with Crippen LogP contribution < -0.4 is 0 Å². The van der Waals surface area contributed by atoms with E-state index in [9.17, 15) is 0 Å². The van der Waals surface area contributed by atoms with Crippen LogP contribution in [0, 0.1) is 0 Å². The molecule has 0 saturated heterocycles. The molecule has 0 aliphatic heterocycles. The first kappa shape index (κ1) is 11.2. The molecule has 14 heavy (non-hydrogen) atoms. The van der Waals surface area contributed by atoms with E-state index >= 15 is 0 Å². The third kappa shape index (κ3) is 3.14. The fourth-order valence-corrected chi connectivity index (χ4v) is 1.06. The molecule has 0 aliphatic rings. The molecule has 0 radical (unpaired) electrons. The van der Waals surface area contributed by atoms with Gasteiger partial charge in [-0.1, -0.05) is 0 Å². The molecule has 3 nitrogen and oxygen atoms in total. The summed E-state index contributed by atoms with van der Waals surface area (Å²) >= 11 is 0. The molecule has 3 heteroatoms. The normalized spacial score (nSPS) is 12.4. The third-order valence-corrected chi connectivity index (χ3v) is 1.90. The van der Waals surface area contributed by atoms with E-state index in [1.807, 2.05) is 30.8 Å². The molecule has 1 rings (SSSR count). The molecule has 0 aliphatic carbocycles. The molecule has 0 saturated carbocycles. The van der Waals surface area contributed by atoms with Crippen molar-refractivity contribution in [2.75, 3.05) is 0 Å². The van der Waals surface area contributed by atoms with Gasteiger partial charge in [0, 0.05) is 6.20 Å². The highest BCUT2D eigenvalue weighted by atomic mass is 16.5. The molecule has 1 aromatic heterocycles. The quantitative estimate of drug-likeness (QED) is 0.743. The molecule has 0 aromatic carbocycles. The summed E-state index contributed by atoms with van der Waals surface area (Å²) in [5, 5.41) is 4.45. The van der Waals surface area contributed by atoms with Gasteiger partial charge in [0.25, 0.3) is 0 Å². The summed E-state index contributed by atoms with van der Waals surface area (Å²) in [4.78, 5) is 0. The van der Waals surface area contributed by atoms with Crippen molar-refractivity contribution in [2.45, 2.75) is 52.9 Å². The van der Waals surface area contributed by atoms with Crippen molar-refractivity contribution < 1.29 is 4.74 Å². The van der Waals surface area contributed by atoms with E-state index in [0.29, 0.717) is 6.61 Å². The fraction of sp³-hybridized carbons (Fsp3) is 0.727. The van der Waals surface area contributed by atoms with Crippen LogP contribution in [0.2, 0.25) is 0 Å². The van der Waals surface area contributed by atoms with Gasteiger partial charge in [-0.05, 0) is 40.7 Å². The van der Waals surface area contributed by atoms with Gasteiger partial charge in [0.05, 0.1) is 23.9 Å². The molecule has 0 N–H and O–H groups in total. The smallest absolute Gasteiger partial charge is 0.0909 e. The van der Waals surface area contributed by atoms with Crippen molar-refractivity contribution in [3.05, 3.63) is 18.0 Å². The number of nitrogens with zero attached hydrogens (tertiary/aromatic N) is 2. The molecular formula is C11H20N2O. The largest absolute Gasteiger partial charge is 0.372 e. The van der Waals surface area contributed by atoms with Gasteiger partial charge in [-0.2, -0.15) is 5.10 Å². The minimum Gasteiger partial charge on any atom is -0.372 e. The van der Waals surface area contributed by atoms with Crippen LogP contribution in [0.3, 0.4) is 0 Å². The minimum absolute atomic E-state index is 0.0517. The highest BCUT2D eigenvalue weighted by Crippen LogP contribution is 2.13. The lowest BCUT2D eigenvalue weighted by molar-refractivity contribution is 0.0629. The zero-order valence-electron chi connectivity index (χ0n) is 9.74. The first-order valence-corrected chi connectivity index (χ1v) is 5.06. The Labute approximate surface area is 86.1 Å². The lowest BCUT2D eigenvalue weighted by atomic mass is 10.1. The van der Waals surface area contributed by atoms with E-state index in [4.69, 9.17) is 4.74 Å². The van der Waals surface area contributed by atoms with Crippen LogP contribution in [-0.2, 0) is 16.9 Å². The number of rotatable bonds is 3. The molecule has 0 atom stereocenters. The molecule has 80 valence electrons. The van der Waals surface area contributed by atoms with E-state index in [1.54, 1.807) is 0 Å². The van der Waals surface area contributed by atoms with Gasteiger partial charge in [-0.25, -0.2) is 0 Å². The average molecular weight is 196 g/mol. The van der Waals surface area contributed by atoms with Crippen LogP contribution in [0.25, 0.3) is 0 Å². The monoisotopic (exact) mass is 196 g/mol. The van der Waals surface area contributed by atoms with Crippen LogP contribution in [0.5, 0.6) is 0 Å². The molecular weight excluding hydrogens is 176 g/mol. The molecule has 0 amide bonds. The minimum atomic E-state index is 0.0517. The SMILES string of the molecule is CC(C)OCc1ccn(C(C)(C)C)n1. The molecule has 1 aromatic rings. The summed E-state index contributed by atoms with van der Waals surface area (Å²) in [6, 6.07) is 2.01. The Morgan fingerprint density at radius 2 is 2.07 bits per heavy atom. The Hall–Kier alpha value is -0.830. The summed E-state index contributed by atoms with van der Waals surface area (Å²) in [6.07, 6.45) is 2.26. The molecule has 1 heterocycles. The van der Waals surface area contributed by atoms with Crippen LogP contribution in [0.15, 0.2) is 12.3 Å². The van der Waals surface area contributed by atoms with Crippen LogP contribution in [0.1, 0.15) is 40.3 Å². The fourth-order valence-electron chi connectivity index (χ4n) is 1.06. The van der Waals surface area contributed by atoms with Crippen molar-refractivity contribution in [1.82, 2.24) is 9.78 Å². The molecule has 0 spiro atoms. The van der Waals surface area contributed by atoms with Gasteiger partial charge < -0.3 is 4.74 Å². The van der Waals surface area contributed by atoms with Crippen molar-refractivity contribution in [3.63, 3.8) is 0 Å². The number of hydrogen-bond donors (Lipinski definition) is 0. The van der Waals surface area contributed by atoms with Gasteiger partial charge in [0.2, 0.25) is 0 Å². The van der Waals surface area contributed by atoms with Gasteiger partial charge in [0.15, 0.2) is 0 Å². The maximum Gasteiger partial charge on any atom is 0.0909 e. The first-order valence-electron chi connectivity index (χ1n) is 5.06. The Kier molecular flexibility index (Phi) is 3.32. The van der Waals surface area contributed by atoms with E-state index in [1.165, 1.54) is 0 Å². The Bertz CT molecular complexity index is 284. The van der Waals surface area contributed by atoms with Gasteiger partial charge in [-0.15, -0.1) is 0 Å². The van der Waals surface area contributed by atoms with Gasteiger partial charge >= 0.3 is 0 Å². The van der Waals surface area contributed by atoms with Gasteiger partial charge in [0.1, 0.15) is 0 Å². The first-order chi connectivity index (χ1) is 6.39. The third-order valence-electron chi connectivity index (χ3n) is 1.90. The van der Waals surface area contributed by atoms with E-state index in [0.717, 1.165) is 5.69 Å². The second-order valence-corrected chi connectivity index (χ2v) is 4.78. The predicted octanol–water partition coefficient (Wildman–Crippen LogP) is 2.56. The van der Waals surface area contributed by atoms with Crippen LogP contribution >= 0.6 is 0 Å². The van der Waals surface area contributed by atoms with Crippen molar-refractivity contribution in [3.8, 4) is 0 Å². The summed E-state index contributed by atoms with van der Waals surface area (Å²) in [6.45, 7) is 11.1. The van der Waals surface area contributed by atoms with Crippen LogP contribution in [-0.4, -0.2) is 15.9 Å². The second kappa shape index (κ2) is 4.13. The predicted molar refractivity (Wildman–Crippen MR) is 57.1 cm³/mol. The highest BCUT2D eigenvalue weighted by molar-refractivity contribution is 4.99.